The van der Waals surface area contributed by atoms with E-state index in [9.17, 15) is 23.1 Å². The minimum atomic E-state index is -3.95. The zero-order valence-corrected chi connectivity index (χ0v) is 28.7. The summed E-state index contributed by atoms with van der Waals surface area (Å²) < 4.78 is 39.0. The summed E-state index contributed by atoms with van der Waals surface area (Å²) in [5.74, 6) is 0.999. The van der Waals surface area contributed by atoms with Gasteiger partial charge in [-0.25, -0.2) is 13.4 Å². The molecule has 2 amide bonds. The summed E-state index contributed by atoms with van der Waals surface area (Å²) in [6.45, 7) is 9.48. The summed E-state index contributed by atoms with van der Waals surface area (Å²) in [4.78, 5) is 32.2. The average molecular weight is 660 g/mol. The molecule has 3 unspecified atom stereocenters. The third-order valence-electron chi connectivity index (χ3n) is 7.07. The number of methoxy groups -OCH3 is 1. The van der Waals surface area contributed by atoms with Crippen LogP contribution in [0.1, 0.15) is 51.9 Å². The van der Waals surface area contributed by atoms with Crippen LogP contribution in [0.15, 0.2) is 57.8 Å². The number of amides is 2. The molecule has 45 heavy (non-hydrogen) atoms. The predicted molar refractivity (Wildman–Crippen MR) is 177 cm³/mol. The molecule has 0 aliphatic heterocycles. The van der Waals surface area contributed by atoms with Crippen LogP contribution >= 0.6 is 7.55 Å². The summed E-state index contributed by atoms with van der Waals surface area (Å²) in [5.41, 5.74) is 1.36. The molecule has 13 heteroatoms. The Balaban J connectivity index is 1.74. The number of oxazole rings is 1. The Morgan fingerprint density at radius 2 is 1.67 bits per heavy atom. The van der Waals surface area contributed by atoms with Crippen molar-refractivity contribution < 1.29 is 32.3 Å². The number of ether oxygens (including phenoxy) is 1. The van der Waals surface area contributed by atoms with E-state index in [0.29, 0.717) is 40.4 Å². The highest BCUT2D eigenvalue weighted by molar-refractivity contribution is 7.89. The molecule has 1 aromatic heterocycles. The number of benzene rings is 2. The van der Waals surface area contributed by atoms with E-state index in [1.807, 2.05) is 20.5 Å². The first kappa shape index (κ1) is 35.9. The van der Waals surface area contributed by atoms with Gasteiger partial charge in [-0.05, 0) is 61.4 Å². The first-order chi connectivity index (χ1) is 21.1. The van der Waals surface area contributed by atoms with E-state index in [1.54, 1.807) is 57.3 Å². The van der Waals surface area contributed by atoms with Crippen LogP contribution in [0.4, 0.5) is 0 Å². The second-order valence-corrected chi connectivity index (χ2v) is 15.6. The maximum Gasteiger partial charge on any atom is 0.253 e. The van der Waals surface area contributed by atoms with E-state index in [2.05, 4.69) is 16.6 Å². The smallest absolute Gasteiger partial charge is 0.253 e. The molecular formula is C32H44N4O7PS+. The van der Waals surface area contributed by atoms with Gasteiger partial charge < -0.3 is 24.5 Å². The lowest BCUT2D eigenvalue weighted by molar-refractivity contribution is 0.0780. The average Bonchev–Trinajstić information content (AvgIpc) is 3.31. The number of hydrogen-bond donors (Lipinski definition) is 2. The van der Waals surface area contributed by atoms with Gasteiger partial charge in [-0.15, -0.1) is 0 Å². The van der Waals surface area contributed by atoms with Crippen molar-refractivity contribution in [1.82, 2.24) is 19.5 Å². The zero-order chi connectivity index (χ0) is 33.5. The fourth-order valence-electron chi connectivity index (χ4n) is 4.76. The molecule has 1 heterocycles. The molecule has 3 atom stereocenters. The maximum atomic E-state index is 13.6. The number of carbonyl (C=O) groups is 2. The van der Waals surface area contributed by atoms with Crippen molar-refractivity contribution in [2.45, 2.75) is 51.3 Å². The van der Waals surface area contributed by atoms with Crippen LogP contribution < -0.4 is 10.1 Å². The Morgan fingerprint density at radius 1 is 1.07 bits per heavy atom. The SMILES string of the molecule is C=[P+](C)CC(NC(=O)c1ccc(C(=O)N(C)Cc2nc(C)oc2C)cc1)C(O)CN(CC(C)C)S(=O)(=O)c1ccc(OC)cc1. The number of aliphatic hydroxyl groups excluding tert-OH is 1. The number of nitrogens with one attached hydrogen (secondary N) is 1. The lowest BCUT2D eigenvalue weighted by Gasteiger charge is -2.29. The van der Waals surface area contributed by atoms with Gasteiger partial charge in [0.25, 0.3) is 11.8 Å². The van der Waals surface area contributed by atoms with Gasteiger partial charge in [-0.3, -0.25) is 9.59 Å². The maximum absolute atomic E-state index is 13.6. The minimum Gasteiger partial charge on any atom is -0.497 e. The molecular weight excluding hydrogens is 615 g/mol. The van der Waals surface area contributed by atoms with Crippen LogP contribution in [0.3, 0.4) is 0 Å². The number of rotatable bonds is 15. The Hall–Kier alpha value is -3.57. The molecule has 0 bridgehead atoms. The summed E-state index contributed by atoms with van der Waals surface area (Å²) in [7, 11) is -1.59. The number of sulfonamides is 1. The van der Waals surface area contributed by atoms with E-state index >= 15 is 0 Å². The van der Waals surface area contributed by atoms with Gasteiger partial charge in [-0.2, -0.15) is 4.31 Å². The molecule has 3 rings (SSSR count). The molecule has 2 aromatic carbocycles. The highest BCUT2D eigenvalue weighted by Crippen LogP contribution is 2.23. The molecule has 0 aliphatic carbocycles. The first-order valence-corrected chi connectivity index (χ1v) is 18.2. The van der Waals surface area contributed by atoms with E-state index in [4.69, 9.17) is 9.15 Å². The molecule has 2 N–H and O–H groups in total. The molecule has 0 radical (unpaired) electrons. The number of aromatic nitrogens is 1. The highest BCUT2D eigenvalue weighted by Gasteiger charge is 2.33. The van der Waals surface area contributed by atoms with Crippen LogP contribution in [0.25, 0.3) is 0 Å². The van der Waals surface area contributed by atoms with Crippen molar-refractivity contribution >= 4 is 35.7 Å². The monoisotopic (exact) mass is 659 g/mol. The highest BCUT2D eigenvalue weighted by atomic mass is 32.2. The van der Waals surface area contributed by atoms with Gasteiger partial charge in [0.05, 0.1) is 51.2 Å². The standard InChI is InChI=1S/C32H43N4O7PS/c1-21(2)17-36(45(40,41)27-15-13-26(42-6)14-16-27)19-30(37)29(20-44(7)8)34-31(38)24-9-11-25(12-10-24)32(39)35(5)18-28-22(3)43-23(4)33-28/h9-16,21,29-30,37H,7,17-20H2,1-6,8H3/p+1. The predicted octanol–water partition coefficient (Wildman–Crippen LogP) is 3.92. The molecule has 0 aliphatic rings. The number of aliphatic hydroxyl groups is 1. The van der Waals surface area contributed by atoms with E-state index in [-0.39, 0.29) is 36.4 Å². The van der Waals surface area contributed by atoms with Crippen molar-refractivity contribution in [2.75, 3.05) is 40.1 Å². The topological polar surface area (TPSA) is 142 Å². The number of nitrogens with zero attached hydrogens (tertiary/aromatic N) is 3. The van der Waals surface area contributed by atoms with E-state index in [1.165, 1.54) is 28.4 Å². The summed E-state index contributed by atoms with van der Waals surface area (Å²) in [5, 5.41) is 14.2. The summed E-state index contributed by atoms with van der Waals surface area (Å²) in [6.07, 6.45) is 3.25. The van der Waals surface area contributed by atoms with Crippen molar-refractivity contribution in [3.63, 3.8) is 0 Å². The lowest BCUT2D eigenvalue weighted by Crippen LogP contribution is -2.51. The second kappa shape index (κ2) is 15.6. The minimum absolute atomic E-state index is 0.0150. The van der Waals surface area contributed by atoms with Gasteiger partial charge in [0.2, 0.25) is 10.0 Å². The number of aryl methyl sites for hydroxylation is 2. The quantitative estimate of drug-likeness (QED) is 0.234. The molecule has 3 aromatic rings. The van der Waals surface area contributed by atoms with Crippen LogP contribution in [0, 0.1) is 19.8 Å². The van der Waals surface area contributed by atoms with E-state index < -0.39 is 35.6 Å². The first-order valence-electron chi connectivity index (χ1n) is 14.6. The van der Waals surface area contributed by atoms with Gasteiger partial charge in [0.1, 0.15) is 23.4 Å². The van der Waals surface area contributed by atoms with Gasteiger partial charge >= 0.3 is 0 Å². The van der Waals surface area contributed by atoms with Crippen molar-refractivity contribution in [3.05, 3.63) is 77.0 Å². The van der Waals surface area contributed by atoms with Crippen molar-refractivity contribution in [1.29, 1.82) is 0 Å². The van der Waals surface area contributed by atoms with Crippen LogP contribution in [-0.4, -0.2) is 98.0 Å². The second-order valence-electron chi connectivity index (χ2n) is 11.6. The fourth-order valence-corrected chi connectivity index (χ4v) is 7.39. The largest absolute Gasteiger partial charge is 0.497 e. The Kier molecular flexibility index (Phi) is 12.5. The van der Waals surface area contributed by atoms with Crippen molar-refractivity contribution in [3.8, 4) is 5.75 Å². The fraction of sp³-hybridized carbons (Fsp3) is 0.438. The van der Waals surface area contributed by atoms with Gasteiger partial charge in [0, 0.05) is 38.2 Å². The molecule has 0 fully saturated rings. The number of carbonyl (C=O) groups excluding carboxylic acids is 2. The Labute approximate surface area is 267 Å². The third-order valence-corrected chi connectivity index (χ3v) is 9.94. The van der Waals surface area contributed by atoms with E-state index in [0.717, 1.165) is 0 Å². The molecule has 0 spiro atoms. The molecule has 0 saturated heterocycles. The Bertz CT molecular complexity index is 1590. The summed E-state index contributed by atoms with van der Waals surface area (Å²) in [6, 6.07) is 11.6. The Morgan fingerprint density at radius 3 is 2.18 bits per heavy atom. The normalized spacial score (nSPS) is 13.4. The van der Waals surface area contributed by atoms with Crippen LogP contribution in [0.5, 0.6) is 5.75 Å². The summed E-state index contributed by atoms with van der Waals surface area (Å²) >= 11 is 0. The van der Waals surface area contributed by atoms with Crippen LogP contribution in [-0.2, 0) is 16.6 Å². The van der Waals surface area contributed by atoms with Gasteiger partial charge in [-0.1, -0.05) is 13.8 Å². The zero-order valence-electron chi connectivity index (χ0n) is 27.0. The lowest BCUT2D eigenvalue weighted by atomic mass is 10.1. The van der Waals surface area contributed by atoms with Crippen LogP contribution in [0.2, 0.25) is 0 Å². The van der Waals surface area contributed by atoms with Crippen molar-refractivity contribution in [2.24, 2.45) is 5.92 Å². The molecule has 244 valence electrons. The molecule has 0 saturated carbocycles. The third kappa shape index (κ3) is 9.71. The molecule has 11 nitrogen and oxygen atoms in total. The number of hydrogen-bond acceptors (Lipinski definition) is 8. The van der Waals surface area contributed by atoms with Gasteiger partial charge in [0.15, 0.2) is 5.89 Å².